The Morgan fingerprint density at radius 1 is 1.16 bits per heavy atom. The molecule has 1 aromatic heterocycles. The van der Waals surface area contributed by atoms with E-state index in [1.54, 1.807) is 20.4 Å². The molecule has 6 nitrogen and oxygen atoms in total. The highest BCUT2D eigenvalue weighted by atomic mass is 16.5. The maximum absolute atomic E-state index is 5.23. The molecule has 1 unspecified atom stereocenters. The molecular formula is C19H27N5O. The van der Waals surface area contributed by atoms with Crippen LogP contribution in [0.5, 0.6) is 5.75 Å². The lowest BCUT2D eigenvalue weighted by molar-refractivity contribution is 0.298. The van der Waals surface area contributed by atoms with E-state index in [0.29, 0.717) is 6.54 Å². The van der Waals surface area contributed by atoms with Crippen LogP contribution >= 0.6 is 0 Å². The Balaban J connectivity index is 1.94. The molecule has 2 aromatic rings. The molecule has 0 aliphatic rings. The molecule has 0 aliphatic heterocycles. The number of likely N-dealkylation sites (N-methyl/N-ethyl adjacent to an activating group) is 1. The van der Waals surface area contributed by atoms with Crippen molar-refractivity contribution in [2.24, 2.45) is 4.99 Å². The fraction of sp³-hybridized carbons (Fsp3) is 0.368. The molecule has 0 aliphatic carbocycles. The Kier molecular flexibility index (Phi) is 7.22. The largest absolute Gasteiger partial charge is 0.497 e. The number of hydrogen-bond donors (Lipinski definition) is 2. The average Bonchev–Trinajstić information content (AvgIpc) is 2.65. The predicted octanol–water partition coefficient (Wildman–Crippen LogP) is 2.06. The third-order valence-corrected chi connectivity index (χ3v) is 3.97. The van der Waals surface area contributed by atoms with E-state index in [1.807, 2.05) is 30.3 Å². The SMILES string of the molecule is CN=C(NCc1ccccn1)NCC(c1ccc(OC)cc1)N(C)C. The first kappa shape index (κ1) is 18.7. The van der Waals surface area contributed by atoms with Crippen molar-refractivity contribution in [1.29, 1.82) is 0 Å². The van der Waals surface area contributed by atoms with Crippen molar-refractivity contribution in [2.75, 3.05) is 34.8 Å². The van der Waals surface area contributed by atoms with E-state index in [4.69, 9.17) is 4.74 Å². The van der Waals surface area contributed by atoms with Crippen molar-refractivity contribution in [3.63, 3.8) is 0 Å². The lowest BCUT2D eigenvalue weighted by Gasteiger charge is -2.26. The molecule has 0 bridgehead atoms. The summed E-state index contributed by atoms with van der Waals surface area (Å²) >= 11 is 0. The quantitative estimate of drug-likeness (QED) is 0.596. The number of methoxy groups -OCH3 is 1. The number of rotatable bonds is 7. The molecule has 0 radical (unpaired) electrons. The Morgan fingerprint density at radius 2 is 1.92 bits per heavy atom. The molecule has 0 amide bonds. The third-order valence-electron chi connectivity index (χ3n) is 3.97. The highest BCUT2D eigenvalue weighted by molar-refractivity contribution is 5.79. The van der Waals surface area contributed by atoms with Crippen molar-refractivity contribution in [3.8, 4) is 5.75 Å². The van der Waals surface area contributed by atoms with Crippen LogP contribution in [0.2, 0.25) is 0 Å². The van der Waals surface area contributed by atoms with Crippen molar-refractivity contribution in [2.45, 2.75) is 12.6 Å². The zero-order valence-electron chi connectivity index (χ0n) is 15.4. The maximum Gasteiger partial charge on any atom is 0.191 e. The van der Waals surface area contributed by atoms with Gasteiger partial charge < -0.3 is 20.3 Å². The third kappa shape index (κ3) is 5.76. The minimum absolute atomic E-state index is 0.222. The molecule has 1 aromatic carbocycles. The van der Waals surface area contributed by atoms with Crippen molar-refractivity contribution in [3.05, 3.63) is 59.9 Å². The summed E-state index contributed by atoms with van der Waals surface area (Å²) in [7, 11) is 7.59. The van der Waals surface area contributed by atoms with E-state index in [-0.39, 0.29) is 6.04 Å². The summed E-state index contributed by atoms with van der Waals surface area (Å²) in [5.74, 6) is 1.62. The lowest BCUT2D eigenvalue weighted by atomic mass is 10.1. The molecule has 134 valence electrons. The van der Waals surface area contributed by atoms with E-state index in [2.05, 4.69) is 51.7 Å². The smallest absolute Gasteiger partial charge is 0.191 e. The zero-order valence-corrected chi connectivity index (χ0v) is 15.4. The van der Waals surface area contributed by atoms with Gasteiger partial charge in [-0.1, -0.05) is 18.2 Å². The Labute approximate surface area is 149 Å². The summed E-state index contributed by atoms with van der Waals surface area (Å²) in [5, 5.41) is 6.67. The molecule has 0 saturated carbocycles. The van der Waals surface area contributed by atoms with Crippen molar-refractivity contribution < 1.29 is 4.74 Å². The van der Waals surface area contributed by atoms with Crippen LogP contribution in [-0.4, -0.2) is 50.6 Å². The number of aliphatic imine (C=N–C) groups is 1. The van der Waals surface area contributed by atoms with Crippen LogP contribution in [0.3, 0.4) is 0 Å². The summed E-state index contributed by atoms with van der Waals surface area (Å²) in [5.41, 5.74) is 2.20. The van der Waals surface area contributed by atoms with Gasteiger partial charge in [-0.05, 0) is 43.9 Å². The highest BCUT2D eigenvalue weighted by Gasteiger charge is 2.14. The van der Waals surface area contributed by atoms with Gasteiger partial charge in [0.05, 0.1) is 25.4 Å². The van der Waals surface area contributed by atoms with E-state index in [9.17, 15) is 0 Å². The highest BCUT2D eigenvalue weighted by Crippen LogP contribution is 2.20. The normalized spacial score (nSPS) is 12.8. The van der Waals surface area contributed by atoms with Gasteiger partial charge in [0.25, 0.3) is 0 Å². The minimum Gasteiger partial charge on any atom is -0.497 e. The summed E-state index contributed by atoms with van der Waals surface area (Å²) in [6.45, 7) is 1.37. The first-order chi connectivity index (χ1) is 12.1. The number of guanidine groups is 1. The van der Waals surface area contributed by atoms with Gasteiger partial charge in [0.2, 0.25) is 0 Å². The number of ether oxygens (including phenoxy) is 1. The van der Waals surface area contributed by atoms with Crippen LogP contribution in [0.15, 0.2) is 53.7 Å². The number of nitrogens with zero attached hydrogens (tertiary/aromatic N) is 3. The molecule has 25 heavy (non-hydrogen) atoms. The number of hydrogen-bond acceptors (Lipinski definition) is 4. The van der Waals surface area contributed by atoms with Gasteiger partial charge in [0, 0.05) is 19.8 Å². The van der Waals surface area contributed by atoms with Crippen LogP contribution in [0.4, 0.5) is 0 Å². The maximum atomic E-state index is 5.23. The number of nitrogens with one attached hydrogen (secondary N) is 2. The number of pyridine rings is 1. The van der Waals surface area contributed by atoms with Crippen LogP contribution in [-0.2, 0) is 6.54 Å². The van der Waals surface area contributed by atoms with Gasteiger partial charge in [0.15, 0.2) is 5.96 Å². The number of benzene rings is 1. The first-order valence-electron chi connectivity index (χ1n) is 8.29. The molecular weight excluding hydrogens is 314 g/mol. The molecule has 1 heterocycles. The lowest BCUT2D eigenvalue weighted by Crippen LogP contribution is -2.41. The van der Waals surface area contributed by atoms with E-state index in [0.717, 1.165) is 23.9 Å². The summed E-state index contributed by atoms with van der Waals surface area (Å²) in [6, 6.07) is 14.3. The van der Waals surface area contributed by atoms with Crippen molar-refractivity contribution in [1.82, 2.24) is 20.5 Å². The Morgan fingerprint density at radius 3 is 2.48 bits per heavy atom. The number of aromatic nitrogens is 1. The van der Waals surface area contributed by atoms with Gasteiger partial charge in [-0.25, -0.2) is 0 Å². The average molecular weight is 341 g/mol. The summed E-state index contributed by atoms with van der Waals surface area (Å²) < 4.78 is 5.23. The molecule has 6 heteroatoms. The van der Waals surface area contributed by atoms with E-state index >= 15 is 0 Å². The van der Waals surface area contributed by atoms with E-state index in [1.165, 1.54) is 5.56 Å². The fourth-order valence-electron chi connectivity index (χ4n) is 2.52. The molecule has 1 atom stereocenters. The Bertz CT molecular complexity index is 655. The van der Waals surface area contributed by atoms with Crippen LogP contribution in [0, 0.1) is 0 Å². The molecule has 2 rings (SSSR count). The van der Waals surface area contributed by atoms with E-state index < -0.39 is 0 Å². The molecule has 0 fully saturated rings. The van der Waals surface area contributed by atoms with Crippen LogP contribution in [0.1, 0.15) is 17.3 Å². The van der Waals surface area contributed by atoms with Gasteiger partial charge in [-0.15, -0.1) is 0 Å². The predicted molar refractivity (Wildman–Crippen MR) is 102 cm³/mol. The molecule has 2 N–H and O–H groups in total. The molecule has 0 spiro atoms. The second-order valence-corrected chi connectivity index (χ2v) is 5.88. The second-order valence-electron chi connectivity index (χ2n) is 5.88. The molecule has 0 saturated heterocycles. The van der Waals surface area contributed by atoms with Gasteiger partial charge in [-0.2, -0.15) is 0 Å². The summed E-state index contributed by atoms with van der Waals surface area (Å²) in [4.78, 5) is 10.8. The van der Waals surface area contributed by atoms with Crippen LogP contribution < -0.4 is 15.4 Å². The standard InChI is InChI=1S/C19H27N5O/c1-20-19(22-13-16-7-5-6-12-21-16)23-14-18(24(2)3)15-8-10-17(25-4)11-9-15/h5-12,18H,13-14H2,1-4H3,(H2,20,22,23). The monoisotopic (exact) mass is 341 g/mol. The Hall–Kier alpha value is -2.60. The van der Waals surface area contributed by atoms with Gasteiger partial charge >= 0.3 is 0 Å². The van der Waals surface area contributed by atoms with Crippen LogP contribution in [0.25, 0.3) is 0 Å². The second kappa shape index (κ2) is 9.64. The minimum atomic E-state index is 0.222. The van der Waals surface area contributed by atoms with Gasteiger partial charge in [0.1, 0.15) is 5.75 Å². The van der Waals surface area contributed by atoms with Gasteiger partial charge in [-0.3, -0.25) is 9.98 Å². The summed E-state index contributed by atoms with van der Waals surface area (Å²) in [6.07, 6.45) is 1.79. The zero-order chi connectivity index (χ0) is 18.1. The first-order valence-corrected chi connectivity index (χ1v) is 8.29. The topological polar surface area (TPSA) is 61.8 Å². The van der Waals surface area contributed by atoms with Crippen molar-refractivity contribution >= 4 is 5.96 Å². The fourth-order valence-corrected chi connectivity index (χ4v) is 2.52.